The number of pyridine rings is 7. The molecule has 0 bridgehead atoms. The normalized spacial score (nSPS) is 14.2. The van der Waals surface area contributed by atoms with Crippen LogP contribution in [-0.4, -0.2) is 230 Å². The number of amides is 3. The summed E-state index contributed by atoms with van der Waals surface area (Å²) in [7, 11) is 0. The number of rotatable bonds is 11. The number of nitrogens with one attached hydrogen (secondary N) is 2. The number of carboxylic acid groups (broad SMARTS) is 2. The molecule has 7 aromatic heterocycles. The summed E-state index contributed by atoms with van der Waals surface area (Å²) in [4.78, 5) is 147. The fraction of sp³-hybridized carbons (Fsp3) is 0.352. The van der Waals surface area contributed by atoms with Crippen LogP contribution in [0.25, 0.3) is 24.3 Å². The van der Waals surface area contributed by atoms with Gasteiger partial charge in [-0.15, -0.1) is 0 Å². The molecule has 7 aromatic rings. The summed E-state index contributed by atoms with van der Waals surface area (Å²) in [6.07, 6.45) is 28.1. The third-order valence-electron chi connectivity index (χ3n) is 15.8. The lowest BCUT2D eigenvalue weighted by molar-refractivity contribution is -0.192. The number of aliphatic carboxylic acids is 2. The summed E-state index contributed by atoms with van der Waals surface area (Å²) >= 11 is 17.9. The largest absolute Gasteiger partial charge is 0.503 e. The lowest BCUT2D eigenvalue weighted by Gasteiger charge is -2.17. The number of nitrogens with zero attached hydrogens (tertiary/aromatic N) is 7. The van der Waals surface area contributed by atoms with E-state index < -0.39 is 41.0 Å². The average Bonchev–Trinajstić information content (AvgIpc) is 1.15. The number of aromatic nitrogens is 7. The Bertz CT molecular complexity index is 5300. The first kappa shape index (κ1) is 111. The van der Waals surface area contributed by atoms with Gasteiger partial charge < -0.3 is 91.9 Å². The number of H-pyrrole nitrogens is 1. The first-order chi connectivity index (χ1) is 63.3. The maximum Gasteiger partial charge on any atom is 0.490 e. The van der Waals surface area contributed by atoms with Crippen LogP contribution in [0.3, 0.4) is 0 Å². The molecule has 8 aliphatic heterocycles. The molecule has 133 heavy (non-hydrogen) atoms. The number of carbonyl (C=O) groups is 10. The summed E-state index contributed by atoms with van der Waals surface area (Å²) in [5.74, 6) is 0.147. The third-order valence-corrected chi connectivity index (χ3v) is 19.1. The van der Waals surface area contributed by atoms with E-state index in [-0.39, 0.29) is 40.1 Å². The third kappa shape index (κ3) is 43.9. The van der Waals surface area contributed by atoms with Gasteiger partial charge in [-0.3, -0.25) is 38.5 Å². The van der Waals surface area contributed by atoms with Gasteiger partial charge in [-0.05, 0) is 186 Å². The number of alkyl halides is 5. The van der Waals surface area contributed by atoms with Gasteiger partial charge >= 0.3 is 36.0 Å². The Labute approximate surface area is 799 Å². The van der Waals surface area contributed by atoms with Crippen molar-refractivity contribution in [3.8, 4) is 75.5 Å². The van der Waals surface area contributed by atoms with E-state index >= 15 is 0 Å². The molecule has 0 fully saturated rings. The number of aromatic hydroxyl groups is 1. The molecule has 0 spiro atoms. The highest BCUT2D eigenvalue weighted by atomic mass is 79.9. The monoisotopic (exact) mass is 2130 g/mol. The minimum Gasteiger partial charge on any atom is -0.503 e. The molecule has 0 atom stereocenters. The molecule has 0 aromatic carbocycles. The van der Waals surface area contributed by atoms with Gasteiger partial charge in [-0.25, -0.2) is 49.1 Å². The van der Waals surface area contributed by atoms with Gasteiger partial charge in [0.25, 0.3) is 52.7 Å². The van der Waals surface area contributed by atoms with Crippen LogP contribution in [0.5, 0.6) is 75.5 Å². The zero-order chi connectivity index (χ0) is 97.9. The molecule has 8 aliphatic rings. The van der Waals surface area contributed by atoms with Crippen molar-refractivity contribution < 1.29 is 143 Å². The number of ether oxygens (including phenoxy) is 14. The molecule has 37 nitrogen and oxygen atoms in total. The fourth-order valence-electron chi connectivity index (χ4n) is 9.40. The molecule has 3 amide bonds. The smallest absolute Gasteiger partial charge is 0.490 e. The molecular formula is C88H95Br4ClF3N9O28. The van der Waals surface area contributed by atoms with Crippen LogP contribution in [0, 0.1) is 10.8 Å². The van der Waals surface area contributed by atoms with E-state index in [4.69, 9.17) is 98.0 Å². The molecule has 0 saturated carbocycles. The molecule has 0 aliphatic carbocycles. The van der Waals surface area contributed by atoms with Crippen LogP contribution in [0.1, 0.15) is 107 Å². The van der Waals surface area contributed by atoms with Gasteiger partial charge in [0.1, 0.15) is 79.3 Å². The number of esters is 3. The predicted molar refractivity (Wildman–Crippen MR) is 490 cm³/mol. The molecule has 0 radical (unpaired) electrons. The highest BCUT2D eigenvalue weighted by molar-refractivity contribution is 9.12. The van der Waals surface area contributed by atoms with Crippen LogP contribution in [-0.2, 0) is 52.6 Å². The number of aromatic amines is 1. The number of hydrogen-bond acceptors (Lipinski definition) is 32. The molecule has 15 heterocycles. The van der Waals surface area contributed by atoms with Crippen molar-refractivity contribution in [1.29, 1.82) is 0 Å². The first-order valence-electron chi connectivity index (χ1n) is 40.0. The Balaban J connectivity index is 0.000000266. The Morgan fingerprint density at radius 1 is 0.504 bits per heavy atom. The first-order valence-corrected chi connectivity index (χ1v) is 44.2. The van der Waals surface area contributed by atoms with Crippen molar-refractivity contribution in [2.45, 2.75) is 80.3 Å². The van der Waals surface area contributed by atoms with E-state index in [1.807, 2.05) is 12.1 Å². The number of aldehydes is 1. The van der Waals surface area contributed by atoms with Crippen LogP contribution in [0.2, 0.25) is 0 Å². The van der Waals surface area contributed by atoms with E-state index in [0.29, 0.717) is 183 Å². The van der Waals surface area contributed by atoms with Gasteiger partial charge in [0, 0.05) is 123 Å². The fourth-order valence-corrected chi connectivity index (χ4v) is 10.0. The van der Waals surface area contributed by atoms with Crippen LogP contribution in [0.4, 0.5) is 13.2 Å². The standard InChI is InChI=1S/C16H16N2O4.C15H17NO5.C12H13NO4.C10H9NO4.C8H7NO3.C7H6BrNO2.C6H9NO.C5H4BrNO2.C5H9ClO.C2H4Br2.C2HF3O2/c19-14-4-2-1-3-7-18(14)15(20)6-5-12-10-13-16(17-11-12)22-9-8-21-13;1-15(2,3)14(18)21-12(17)5-4-10-8-11-13(16-9-10)20-7-6-19-11;1-2-15-11(14)4-3-9-7-10-12(13-8-9)17-6-5-16-10;12-9(13)2-1-7-5-8-10(11-6-7)15-4-3-14-8;10-5-6-3-7-8(9-4-6)12-2-1-11-7;8-5-3-6-7(9-4-5)11-2-1-10-6;8-6-4-2-1-3-5-7-6;6-3-1-4(8)5(9)7-2-3;1-5(2,3)4(6)7;3-1-2-4;3-2(4,5)1(6)7/h2,4-6,10-11H,1,3,7-9H2;4-5,8-9H,6-7H2,1-3H3;3-4,7-8H,2,5-6H2,1H3;1-2,5-6H,3-4H2,(H,12,13);3-5H,1-2H2;3-4H,1-2H2;2,4H,1,3,5H2,(H,7,8);1-2,8H,(H,7,9);1-3H3;1-2H2;(H,6,7)/b6-5+;5-4+;4-3+;2-1+;;;;;;;. The quantitative estimate of drug-likeness (QED) is 0.0200. The molecule has 45 heteroatoms. The van der Waals surface area contributed by atoms with E-state index in [1.165, 1.54) is 66.0 Å². The lowest BCUT2D eigenvalue weighted by atomic mass is 9.97. The Kier molecular flexibility index (Phi) is 49.0. The Morgan fingerprint density at radius 2 is 0.865 bits per heavy atom. The molecule has 0 unspecified atom stereocenters. The predicted octanol–water partition coefficient (Wildman–Crippen LogP) is 13.7. The molecule has 0 saturated heterocycles. The second-order valence-corrected chi connectivity index (χ2v) is 32.2. The second-order valence-electron chi connectivity index (χ2n) is 28.4. The van der Waals surface area contributed by atoms with Crippen molar-refractivity contribution in [2.24, 2.45) is 10.8 Å². The summed E-state index contributed by atoms with van der Waals surface area (Å²) in [5.41, 5.74) is 1.74. The number of hydrogen-bond donors (Lipinski definition) is 5. The van der Waals surface area contributed by atoms with Crippen molar-refractivity contribution in [3.05, 3.63) is 182 Å². The van der Waals surface area contributed by atoms with E-state index in [9.17, 15) is 61.1 Å². The lowest BCUT2D eigenvalue weighted by Crippen LogP contribution is -2.34. The summed E-state index contributed by atoms with van der Waals surface area (Å²) in [6, 6.07) is 11.7. The number of imide groups is 1. The number of fused-ring (bicyclic) bond motifs is 6. The topological polar surface area (TPSA) is 486 Å². The Morgan fingerprint density at radius 3 is 1.23 bits per heavy atom. The number of carboxylic acids is 2. The Hall–Kier alpha value is -12.8. The van der Waals surface area contributed by atoms with E-state index in [2.05, 4.69) is 104 Å². The van der Waals surface area contributed by atoms with Gasteiger partial charge in [-0.2, -0.15) is 13.2 Å². The molecule has 716 valence electrons. The maximum absolute atomic E-state index is 12.1. The average molecular weight is 2140 g/mol. The van der Waals surface area contributed by atoms with Gasteiger partial charge in [0.15, 0.2) is 46.5 Å². The van der Waals surface area contributed by atoms with Gasteiger partial charge in [-0.1, -0.05) is 64.8 Å². The highest BCUT2D eigenvalue weighted by Gasteiger charge is 2.38. The SMILES string of the molecule is BrCCBr.Brc1cnc2c(c1)OCCO2.CC(C)(C)C(=O)Cl.CC(C)(C)C(=O)OC(=O)/C=C/c1cnc2c(c1)OCCO2.CCOC(=O)/C=C/c1cnc2c(c1)OCCO2.O=C(O)/C=C/c1cnc2c(c1)OCCO2.O=C(O)C(F)(F)F.O=C1C=CCCCN1.O=C1C=CCCCN1C(=O)/C=C/c1cnc2c(c1)OCCO2.O=Cc1cnc2c(c1)OCCO2.O=c1[nH]cc(Br)cc1O. The zero-order valence-electron chi connectivity index (χ0n) is 72.6. The van der Waals surface area contributed by atoms with Gasteiger partial charge in [0.2, 0.25) is 11.1 Å². The molecule has 15 rings (SSSR count). The highest BCUT2D eigenvalue weighted by Crippen LogP contribution is 2.34. The van der Waals surface area contributed by atoms with Crippen LogP contribution >= 0.6 is 75.3 Å². The van der Waals surface area contributed by atoms with Crippen LogP contribution in [0.15, 0.2) is 148 Å². The minimum atomic E-state index is -5.08. The van der Waals surface area contributed by atoms with E-state index in [1.54, 1.807) is 128 Å². The van der Waals surface area contributed by atoms with Crippen molar-refractivity contribution in [3.63, 3.8) is 0 Å². The number of halogens is 8. The summed E-state index contributed by atoms with van der Waals surface area (Å²) in [5, 5.41) is 28.8. The van der Waals surface area contributed by atoms with Crippen molar-refractivity contribution >= 4 is 159 Å². The zero-order valence-corrected chi connectivity index (χ0v) is 79.7. The van der Waals surface area contributed by atoms with Crippen molar-refractivity contribution in [2.75, 3.05) is 110 Å². The minimum absolute atomic E-state index is 0.0440. The van der Waals surface area contributed by atoms with Crippen molar-refractivity contribution in [1.82, 2.24) is 45.1 Å². The van der Waals surface area contributed by atoms with Gasteiger partial charge in [0.05, 0.1) is 12.0 Å². The van der Waals surface area contributed by atoms with Crippen LogP contribution < -0.4 is 67.7 Å². The second kappa shape index (κ2) is 58.9. The summed E-state index contributed by atoms with van der Waals surface area (Å²) < 4.78 is 106. The maximum atomic E-state index is 12.1. The summed E-state index contributed by atoms with van der Waals surface area (Å²) in [6.45, 7) is 19.9. The molecule has 5 N–H and O–H groups in total. The number of carbonyl (C=O) groups excluding carboxylic acids is 8. The molecular weight excluding hydrogens is 2040 g/mol. The van der Waals surface area contributed by atoms with E-state index in [0.717, 1.165) is 70.9 Å². The number of allylic oxidation sites excluding steroid dienone is 2.